The summed E-state index contributed by atoms with van der Waals surface area (Å²) < 4.78 is 0. The molecule has 1 aliphatic rings. The number of hydrogen-bond acceptors (Lipinski definition) is 1. The highest BCUT2D eigenvalue weighted by atomic mass is 35.5. The molecule has 94 valence electrons. The molecule has 1 aliphatic carbocycles. The lowest BCUT2D eigenvalue weighted by Gasteiger charge is -2.20. The van der Waals surface area contributed by atoms with Crippen LogP contribution in [0.1, 0.15) is 39.2 Å². The predicted molar refractivity (Wildman–Crippen MR) is 75.8 cm³/mol. The lowest BCUT2D eigenvalue weighted by Crippen LogP contribution is -2.22. The average molecular weight is 252 g/mol. The quantitative estimate of drug-likeness (QED) is 0.790. The summed E-state index contributed by atoms with van der Waals surface area (Å²) in [7, 11) is 0. The number of aryl methyl sites for hydroxylation is 1. The summed E-state index contributed by atoms with van der Waals surface area (Å²) in [4.78, 5) is 0. The highest BCUT2D eigenvalue weighted by Gasteiger charge is 2.36. The van der Waals surface area contributed by atoms with E-state index in [0.717, 1.165) is 10.7 Å². The van der Waals surface area contributed by atoms with Crippen molar-refractivity contribution in [2.24, 2.45) is 11.3 Å². The van der Waals surface area contributed by atoms with E-state index in [-0.39, 0.29) is 0 Å². The Balaban J connectivity index is 2.14. The highest BCUT2D eigenvalue weighted by Crippen LogP contribution is 2.42. The molecule has 1 nitrogen and oxygen atoms in total. The van der Waals surface area contributed by atoms with Crippen LogP contribution < -0.4 is 5.32 Å². The Morgan fingerprint density at radius 2 is 2.00 bits per heavy atom. The Bertz CT molecular complexity index is 411. The normalized spacial score (nSPS) is 27.1. The second-order valence-corrected chi connectivity index (χ2v) is 6.69. The predicted octanol–water partition coefficient (Wildman–Crippen LogP) is 4.89. The van der Waals surface area contributed by atoms with Gasteiger partial charge in [0.15, 0.2) is 0 Å². The first-order valence-corrected chi connectivity index (χ1v) is 6.78. The van der Waals surface area contributed by atoms with Crippen LogP contribution in [0.3, 0.4) is 0 Å². The Labute approximate surface area is 110 Å². The third-order valence-corrected chi connectivity index (χ3v) is 4.13. The van der Waals surface area contributed by atoms with Crippen molar-refractivity contribution in [2.75, 3.05) is 5.32 Å². The molecule has 2 atom stereocenters. The lowest BCUT2D eigenvalue weighted by atomic mass is 9.91. The summed E-state index contributed by atoms with van der Waals surface area (Å²) in [5.74, 6) is 0.710. The van der Waals surface area contributed by atoms with E-state index in [2.05, 4.69) is 45.1 Å². The van der Waals surface area contributed by atoms with Gasteiger partial charge < -0.3 is 5.32 Å². The second kappa shape index (κ2) is 4.53. The zero-order valence-electron chi connectivity index (χ0n) is 11.2. The monoisotopic (exact) mass is 251 g/mol. The molecule has 0 heterocycles. The Morgan fingerprint density at radius 1 is 1.29 bits per heavy atom. The first kappa shape index (κ1) is 12.8. The van der Waals surface area contributed by atoms with E-state index in [0.29, 0.717) is 17.4 Å². The third-order valence-electron chi connectivity index (χ3n) is 3.80. The van der Waals surface area contributed by atoms with Crippen LogP contribution in [0.25, 0.3) is 0 Å². The van der Waals surface area contributed by atoms with Crippen molar-refractivity contribution >= 4 is 17.3 Å². The summed E-state index contributed by atoms with van der Waals surface area (Å²) in [6, 6.07) is 6.71. The highest BCUT2D eigenvalue weighted by molar-refractivity contribution is 6.33. The topological polar surface area (TPSA) is 12.0 Å². The average Bonchev–Trinajstić information content (AvgIpc) is 2.46. The van der Waals surface area contributed by atoms with Crippen LogP contribution in [0.4, 0.5) is 5.69 Å². The van der Waals surface area contributed by atoms with Crippen LogP contribution in [0, 0.1) is 18.3 Å². The molecule has 2 unspecified atom stereocenters. The zero-order valence-corrected chi connectivity index (χ0v) is 11.9. The number of nitrogens with one attached hydrogen (secondary N) is 1. The van der Waals surface area contributed by atoms with Gasteiger partial charge in [-0.3, -0.25) is 0 Å². The van der Waals surface area contributed by atoms with Crippen molar-refractivity contribution < 1.29 is 0 Å². The van der Waals surface area contributed by atoms with Gasteiger partial charge in [0.2, 0.25) is 0 Å². The van der Waals surface area contributed by atoms with Gasteiger partial charge in [0, 0.05) is 6.04 Å². The summed E-state index contributed by atoms with van der Waals surface area (Å²) in [6.45, 7) is 9.13. The van der Waals surface area contributed by atoms with Crippen LogP contribution in [0.5, 0.6) is 0 Å². The maximum Gasteiger partial charge on any atom is 0.0637 e. The van der Waals surface area contributed by atoms with Gasteiger partial charge in [0.1, 0.15) is 0 Å². The fraction of sp³-hybridized carbons (Fsp3) is 0.600. The fourth-order valence-electron chi connectivity index (χ4n) is 3.04. The van der Waals surface area contributed by atoms with Gasteiger partial charge in [-0.05, 0) is 48.8 Å². The van der Waals surface area contributed by atoms with Crippen LogP contribution in [0.2, 0.25) is 5.02 Å². The number of hydrogen-bond donors (Lipinski definition) is 1. The molecule has 0 amide bonds. The van der Waals surface area contributed by atoms with Gasteiger partial charge in [0.05, 0.1) is 10.7 Å². The van der Waals surface area contributed by atoms with E-state index >= 15 is 0 Å². The number of benzene rings is 1. The molecule has 2 rings (SSSR count). The Hall–Kier alpha value is -0.690. The van der Waals surface area contributed by atoms with Crippen molar-refractivity contribution in [2.45, 2.75) is 46.6 Å². The number of halogens is 1. The minimum Gasteiger partial charge on any atom is -0.381 e. The third kappa shape index (κ3) is 2.95. The van der Waals surface area contributed by atoms with Crippen molar-refractivity contribution in [3.05, 3.63) is 28.8 Å². The zero-order chi connectivity index (χ0) is 12.6. The van der Waals surface area contributed by atoms with E-state index in [4.69, 9.17) is 11.6 Å². The van der Waals surface area contributed by atoms with Crippen molar-refractivity contribution in [3.8, 4) is 0 Å². The van der Waals surface area contributed by atoms with E-state index in [1.807, 2.05) is 6.07 Å². The van der Waals surface area contributed by atoms with Gasteiger partial charge >= 0.3 is 0 Å². The minimum absolute atomic E-state index is 0.452. The maximum atomic E-state index is 6.23. The van der Waals surface area contributed by atoms with Gasteiger partial charge in [-0.25, -0.2) is 0 Å². The molecule has 0 spiro atoms. The molecular formula is C15H22ClN. The van der Waals surface area contributed by atoms with E-state index in [9.17, 15) is 0 Å². The fourth-order valence-corrected chi connectivity index (χ4v) is 3.21. The van der Waals surface area contributed by atoms with Gasteiger partial charge in [-0.1, -0.05) is 38.4 Å². The molecule has 1 aromatic carbocycles. The molecule has 1 aromatic rings. The molecule has 1 N–H and O–H groups in total. The number of rotatable bonds is 2. The van der Waals surface area contributed by atoms with E-state index < -0.39 is 0 Å². The summed E-state index contributed by atoms with van der Waals surface area (Å²) >= 11 is 6.23. The molecule has 0 bridgehead atoms. The molecule has 0 radical (unpaired) electrons. The molecular weight excluding hydrogens is 230 g/mol. The summed E-state index contributed by atoms with van der Waals surface area (Å²) in [6.07, 6.45) is 2.51. The van der Waals surface area contributed by atoms with Gasteiger partial charge in [0.25, 0.3) is 0 Å². The van der Waals surface area contributed by atoms with Crippen molar-refractivity contribution in [3.63, 3.8) is 0 Å². The first-order valence-electron chi connectivity index (χ1n) is 6.40. The van der Waals surface area contributed by atoms with E-state index in [1.165, 1.54) is 18.4 Å². The molecule has 17 heavy (non-hydrogen) atoms. The molecule has 0 saturated heterocycles. The molecule has 1 fully saturated rings. The number of anilines is 1. The lowest BCUT2D eigenvalue weighted by molar-refractivity contribution is 0.366. The Kier molecular flexibility index (Phi) is 3.40. The van der Waals surface area contributed by atoms with Gasteiger partial charge in [-0.2, -0.15) is 0 Å². The van der Waals surface area contributed by atoms with Crippen molar-refractivity contribution in [1.29, 1.82) is 0 Å². The molecule has 0 aromatic heterocycles. The Morgan fingerprint density at radius 3 is 2.59 bits per heavy atom. The van der Waals surface area contributed by atoms with Crippen LogP contribution >= 0.6 is 11.6 Å². The molecule has 2 heteroatoms. The molecule has 1 saturated carbocycles. The smallest absolute Gasteiger partial charge is 0.0637 e. The van der Waals surface area contributed by atoms with Crippen LogP contribution in [0.15, 0.2) is 18.2 Å². The van der Waals surface area contributed by atoms with Crippen LogP contribution in [-0.2, 0) is 0 Å². The SMILES string of the molecule is Cc1ccc(Cl)c(NC2CC(C)(C)CC2C)c1. The van der Waals surface area contributed by atoms with Crippen LogP contribution in [-0.4, -0.2) is 6.04 Å². The van der Waals surface area contributed by atoms with Crippen molar-refractivity contribution in [1.82, 2.24) is 0 Å². The standard InChI is InChI=1S/C15H22ClN/c1-10-5-6-12(16)13(7-10)17-14-9-15(3,4)8-11(14)2/h5-7,11,14,17H,8-9H2,1-4H3. The summed E-state index contributed by atoms with van der Waals surface area (Å²) in [5.41, 5.74) is 2.79. The second-order valence-electron chi connectivity index (χ2n) is 6.28. The first-order chi connectivity index (χ1) is 7.87. The minimum atomic E-state index is 0.452. The summed E-state index contributed by atoms with van der Waals surface area (Å²) in [5, 5.41) is 4.45. The largest absolute Gasteiger partial charge is 0.381 e. The van der Waals surface area contributed by atoms with Gasteiger partial charge in [-0.15, -0.1) is 0 Å². The molecule has 0 aliphatic heterocycles. The van der Waals surface area contributed by atoms with E-state index in [1.54, 1.807) is 0 Å². The maximum absolute atomic E-state index is 6.23.